The highest BCUT2D eigenvalue weighted by Crippen LogP contribution is 2.22. The Bertz CT molecular complexity index is 1250. The van der Waals surface area contributed by atoms with E-state index >= 15 is 0 Å². The van der Waals surface area contributed by atoms with E-state index < -0.39 is 29.1 Å². The van der Waals surface area contributed by atoms with Gasteiger partial charge in [0, 0.05) is 23.9 Å². The summed E-state index contributed by atoms with van der Waals surface area (Å²) in [7, 11) is 0. The smallest absolute Gasteiger partial charge is 0.411 e. The van der Waals surface area contributed by atoms with Crippen molar-refractivity contribution in [1.82, 2.24) is 14.7 Å². The topological polar surface area (TPSA) is 78.7 Å². The molecular weight excluding hydrogens is 461 g/mol. The number of likely N-dealkylation sites (tertiary alicyclic amines) is 1. The van der Waals surface area contributed by atoms with Crippen molar-refractivity contribution in [2.75, 3.05) is 31.1 Å². The molecule has 2 heterocycles. The molecule has 3 aromatic rings. The second-order valence-corrected chi connectivity index (χ2v) is 8.47. The minimum absolute atomic E-state index is 0.00785. The normalized spacial score (nSPS) is 13.8. The number of carboxylic acid groups (broad SMARTS) is 1. The predicted octanol–water partition coefficient (Wildman–Crippen LogP) is 4.35. The number of nitrogens with zero attached hydrogens (tertiary/aromatic N) is 4. The molecule has 184 valence electrons. The number of carbonyl (C=O) groups is 1. The lowest BCUT2D eigenvalue weighted by Gasteiger charge is -2.22. The molecule has 1 aliphatic heterocycles. The lowest BCUT2D eigenvalue weighted by Crippen LogP contribution is -2.33. The number of hydrogen-bond donors (Lipinski definition) is 1. The molecule has 0 radical (unpaired) electrons. The van der Waals surface area contributed by atoms with E-state index in [0.717, 1.165) is 36.4 Å². The molecule has 1 saturated heterocycles. The zero-order valence-electron chi connectivity index (χ0n) is 19.0. The van der Waals surface area contributed by atoms with Crippen molar-refractivity contribution in [3.05, 3.63) is 81.9 Å². The molecule has 0 atom stereocenters. The molecule has 1 fully saturated rings. The minimum atomic E-state index is -1.58. The number of amides is 1. The fourth-order valence-corrected chi connectivity index (χ4v) is 4.21. The van der Waals surface area contributed by atoms with Crippen LogP contribution in [0.4, 0.5) is 23.7 Å². The summed E-state index contributed by atoms with van der Waals surface area (Å²) in [5.41, 5.74) is 0.717. The Hall–Kier alpha value is -3.66. The van der Waals surface area contributed by atoms with E-state index in [0.29, 0.717) is 24.2 Å². The van der Waals surface area contributed by atoms with Gasteiger partial charge in [-0.05, 0) is 74.8 Å². The van der Waals surface area contributed by atoms with Gasteiger partial charge in [0.2, 0.25) is 0 Å². The third-order valence-electron chi connectivity index (χ3n) is 5.99. The number of halogens is 3. The van der Waals surface area contributed by atoms with Crippen LogP contribution in [0.3, 0.4) is 0 Å². The fourth-order valence-electron chi connectivity index (χ4n) is 4.21. The summed E-state index contributed by atoms with van der Waals surface area (Å²) in [6.07, 6.45) is 1.97. The molecule has 35 heavy (non-hydrogen) atoms. The molecule has 1 aromatic heterocycles. The van der Waals surface area contributed by atoms with Gasteiger partial charge >= 0.3 is 6.09 Å². The summed E-state index contributed by atoms with van der Waals surface area (Å²) in [6, 6.07) is 10.9. The van der Waals surface area contributed by atoms with Gasteiger partial charge in [0.15, 0.2) is 17.5 Å². The maximum atomic E-state index is 13.6. The summed E-state index contributed by atoms with van der Waals surface area (Å²) in [4.78, 5) is 27.9. The molecule has 0 bridgehead atoms. The van der Waals surface area contributed by atoms with Gasteiger partial charge in [0.05, 0.1) is 12.2 Å². The fraction of sp³-hybridized carbons (Fsp3) is 0.320. The SMILES string of the molecule is O=C(O)N(CCCN1CCCC1)c1cccc(Cn2nc(-c3cc(F)c(F)c(F)c3)ccc2=O)c1. The van der Waals surface area contributed by atoms with Crippen LogP contribution in [0.15, 0.2) is 53.3 Å². The number of anilines is 1. The average molecular weight is 486 g/mol. The van der Waals surface area contributed by atoms with Crippen LogP contribution in [0.5, 0.6) is 0 Å². The van der Waals surface area contributed by atoms with Crippen LogP contribution < -0.4 is 10.5 Å². The summed E-state index contributed by atoms with van der Waals surface area (Å²) >= 11 is 0. The van der Waals surface area contributed by atoms with E-state index in [-0.39, 0.29) is 17.8 Å². The van der Waals surface area contributed by atoms with Crippen molar-refractivity contribution in [2.24, 2.45) is 0 Å². The van der Waals surface area contributed by atoms with Gasteiger partial charge in [-0.3, -0.25) is 9.69 Å². The zero-order valence-corrected chi connectivity index (χ0v) is 19.0. The summed E-state index contributed by atoms with van der Waals surface area (Å²) in [5, 5.41) is 13.9. The van der Waals surface area contributed by atoms with Crippen LogP contribution in [0.2, 0.25) is 0 Å². The van der Waals surface area contributed by atoms with E-state index in [4.69, 9.17) is 0 Å². The van der Waals surface area contributed by atoms with Gasteiger partial charge < -0.3 is 10.0 Å². The molecule has 7 nitrogen and oxygen atoms in total. The molecule has 4 rings (SSSR count). The highest BCUT2D eigenvalue weighted by atomic mass is 19.2. The van der Waals surface area contributed by atoms with E-state index in [2.05, 4.69) is 10.00 Å². The summed E-state index contributed by atoms with van der Waals surface area (Å²) < 4.78 is 41.7. The van der Waals surface area contributed by atoms with Crippen LogP contribution in [0.25, 0.3) is 11.3 Å². The van der Waals surface area contributed by atoms with Crippen LogP contribution in [0, 0.1) is 17.5 Å². The van der Waals surface area contributed by atoms with E-state index in [9.17, 15) is 27.9 Å². The molecule has 0 unspecified atom stereocenters. The van der Waals surface area contributed by atoms with Gasteiger partial charge in [-0.2, -0.15) is 5.10 Å². The first-order valence-corrected chi connectivity index (χ1v) is 11.4. The quantitative estimate of drug-likeness (QED) is 0.479. The Morgan fingerprint density at radius 1 is 1.03 bits per heavy atom. The predicted molar refractivity (Wildman–Crippen MR) is 125 cm³/mol. The Balaban J connectivity index is 1.53. The van der Waals surface area contributed by atoms with Gasteiger partial charge in [-0.1, -0.05) is 12.1 Å². The lowest BCUT2D eigenvalue weighted by molar-refractivity contribution is 0.201. The third kappa shape index (κ3) is 5.89. The second kappa shape index (κ2) is 10.7. The van der Waals surface area contributed by atoms with Gasteiger partial charge in [0.1, 0.15) is 0 Å². The minimum Gasteiger partial charge on any atom is -0.465 e. The third-order valence-corrected chi connectivity index (χ3v) is 5.99. The maximum Gasteiger partial charge on any atom is 0.411 e. The molecule has 0 aliphatic carbocycles. The van der Waals surface area contributed by atoms with Crippen LogP contribution in [0.1, 0.15) is 24.8 Å². The average Bonchev–Trinajstić information content (AvgIpc) is 3.35. The monoisotopic (exact) mass is 486 g/mol. The van der Waals surface area contributed by atoms with Crippen molar-refractivity contribution in [2.45, 2.75) is 25.8 Å². The Morgan fingerprint density at radius 2 is 1.74 bits per heavy atom. The Morgan fingerprint density at radius 3 is 2.43 bits per heavy atom. The number of benzene rings is 2. The summed E-state index contributed by atoms with van der Waals surface area (Å²) in [5.74, 6) is -4.29. The summed E-state index contributed by atoms with van der Waals surface area (Å²) in [6.45, 7) is 3.26. The van der Waals surface area contributed by atoms with Gasteiger partial charge in [-0.25, -0.2) is 22.6 Å². The highest BCUT2D eigenvalue weighted by molar-refractivity contribution is 5.86. The highest BCUT2D eigenvalue weighted by Gasteiger charge is 2.17. The number of aromatic nitrogens is 2. The van der Waals surface area contributed by atoms with Crippen LogP contribution in [-0.4, -0.2) is 52.1 Å². The van der Waals surface area contributed by atoms with Crippen LogP contribution >= 0.6 is 0 Å². The number of rotatable bonds is 8. The first-order valence-electron chi connectivity index (χ1n) is 11.4. The number of hydrogen-bond acceptors (Lipinski definition) is 4. The molecule has 1 aliphatic rings. The van der Waals surface area contributed by atoms with Gasteiger partial charge in [0.25, 0.3) is 5.56 Å². The Labute approximate surface area is 200 Å². The van der Waals surface area contributed by atoms with E-state index in [1.165, 1.54) is 29.9 Å². The first-order chi connectivity index (χ1) is 16.8. The molecule has 10 heteroatoms. The molecule has 1 N–H and O–H groups in total. The van der Waals surface area contributed by atoms with Crippen molar-refractivity contribution in [3.8, 4) is 11.3 Å². The first kappa shape index (κ1) is 24.5. The Kier molecular flexibility index (Phi) is 7.50. The van der Waals surface area contributed by atoms with E-state index in [1.807, 2.05) is 0 Å². The molecule has 0 spiro atoms. The lowest BCUT2D eigenvalue weighted by atomic mass is 10.1. The maximum absolute atomic E-state index is 13.6. The van der Waals surface area contributed by atoms with Crippen molar-refractivity contribution >= 4 is 11.8 Å². The second-order valence-electron chi connectivity index (χ2n) is 8.47. The van der Waals surface area contributed by atoms with Crippen molar-refractivity contribution < 1.29 is 23.1 Å². The van der Waals surface area contributed by atoms with Crippen molar-refractivity contribution in [1.29, 1.82) is 0 Å². The molecule has 0 saturated carbocycles. The molecule has 2 aromatic carbocycles. The zero-order chi connectivity index (χ0) is 24.9. The molecule has 1 amide bonds. The molecular formula is C25H25F3N4O3. The standard InChI is InChI=1S/C25H25F3N4O3/c26-20-14-18(15-21(27)24(20)28)22-7-8-23(33)32(29-22)16-17-5-3-6-19(13-17)31(25(34)35)12-4-11-30-9-1-2-10-30/h3,5-8,13-15H,1-2,4,9-12,16H2,(H,34,35). The largest absolute Gasteiger partial charge is 0.465 e. The van der Waals surface area contributed by atoms with E-state index in [1.54, 1.807) is 24.3 Å². The van der Waals surface area contributed by atoms with Crippen LogP contribution in [-0.2, 0) is 6.54 Å². The van der Waals surface area contributed by atoms with Gasteiger partial charge in [-0.15, -0.1) is 0 Å². The van der Waals surface area contributed by atoms with Crippen molar-refractivity contribution in [3.63, 3.8) is 0 Å².